The van der Waals surface area contributed by atoms with Gasteiger partial charge in [0.2, 0.25) is 0 Å². The molecule has 1 heterocycles. The zero-order valence-corrected chi connectivity index (χ0v) is 15.6. The van der Waals surface area contributed by atoms with Gasteiger partial charge in [0, 0.05) is 17.0 Å². The second-order valence-electron chi connectivity index (χ2n) is 7.44. The molecule has 0 N–H and O–H groups in total. The van der Waals surface area contributed by atoms with Crippen LogP contribution in [0.5, 0.6) is 0 Å². The van der Waals surface area contributed by atoms with Crippen LogP contribution in [0.1, 0.15) is 39.5 Å². The van der Waals surface area contributed by atoms with E-state index in [0.717, 1.165) is 29.7 Å². The molecule has 0 aromatic heterocycles. The lowest BCUT2D eigenvalue weighted by molar-refractivity contribution is 0.0681. The number of hydrogen-bond acceptors (Lipinski definition) is 2. The molecule has 0 unspecified atom stereocenters. The van der Waals surface area contributed by atoms with Crippen molar-refractivity contribution in [3.05, 3.63) is 107 Å². The molecule has 0 saturated heterocycles. The molecule has 5 rings (SSSR count). The number of hydrazone groups is 1. The number of rotatable bonds is 2. The van der Waals surface area contributed by atoms with Crippen molar-refractivity contribution < 1.29 is 13.6 Å². The molecule has 1 aliphatic carbocycles. The Morgan fingerprint density at radius 2 is 1.55 bits per heavy atom. The van der Waals surface area contributed by atoms with E-state index in [-0.39, 0.29) is 23.7 Å². The highest BCUT2D eigenvalue weighted by Crippen LogP contribution is 2.43. The minimum absolute atomic E-state index is 0.0276. The first-order chi connectivity index (χ1) is 14.1. The van der Waals surface area contributed by atoms with Gasteiger partial charge >= 0.3 is 0 Å². The summed E-state index contributed by atoms with van der Waals surface area (Å²) in [6.07, 6.45) is 1.75. The van der Waals surface area contributed by atoms with Gasteiger partial charge in [-0.2, -0.15) is 5.10 Å². The van der Waals surface area contributed by atoms with Gasteiger partial charge in [0.1, 0.15) is 11.6 Å². The summed E-state index contributed by atoms with van der Waals surface area (Å²) in [5.74, 6) is -0.983. The number of benzene rings is 3. The zero-order valence-electron chi connectivity index (χ0n) is 15.6. The summed E-state index contributed by atoms with van der Waals surface area (Å²) in [4.78, 5) is 13.3. The second kappa shape index (κ2) is 6.92. The third-order valence-electron chi connectivity index (χ3n) is 5.74. The summed E-state index contributed by atoms with van der Waals surface area (Å²) in [6, 6.07) is 19.5. The predicted molar refractivity (Wildman–Crippen MR) is 107 cm³/mol. The van der Waals surface area contributed by atoms with E-state index in [1.165, 1.54) is 47.0 Å². The van der Waals surface area contributed by atoms with Crippen molar-refractivity contribution in [3.8, 4) is 0 Å². The van der Waals surface area contributed by atoms with E-state index in [2.05, 4.69) is 6.07 Å². The van der Waals surface area contributed by atoms with E-state index in [0.29, 0.717) is 5.56 Å². The van der Waals surface area contributed by atoms with E-state index in [1.54, 1.807) is 12.1 Å². The zero-order chi connectivity index (χ0) is 20.0. The molecule has 1 amide bonds. The summed E-state index contributed by atoms with van der Waals surface area (Å²) in [7, 11) is 0. The molecule has 0 spiro atoms. The fourth-order valence-corrected chi connectivity index (χ4v) is 4.35. The summed E-state index contributed by atoms with van der Waals surface area (Å²) >= 11 is 0. The first-order valence-electron chi connectivity index (χ1n) is 9.63. The molecule has 2 atom stereocenters. The van der Waals surface area contributed by atoms with Gasteiger partial charge in [-0.05, 0) is 60.4 Å². The molecular weight excluding hydrogens is 370 g/mol. The molecule has 29 heavy (non-hydrogen) atoms. The molecule has 0 fully saturated rings. The average Bonchev–Trinajstić information content (AvgIpc) is 3.14. The van der Waals surface area contributed by atoms with Crippen LogP contribution in [-0.2, 0) is 6.42 Å². The maximum absolute atomic E-state index is 13.5. The number of fused-ring (bicyclic) bond motifs is 3. The Morgan fingerprint density at radius 1 is 0.897 bits per heavy atom. The van der Waals surface area contributed by atoms with E-state index in [4.69, 9.17) is 5.10 Å². The Balaban J connectivity index is 1.61. The van der Waals surface area contributed by atoms with Crippen LogP contribution in [0, 0.1) is 17.6 Å². The van der Waals surface area contributed by atoms with Crippen molar-refractivity contribution in [2.45, 2.75) is 18.9 Å². The van der Waals surface area contributed by atoms with E-state index in [1.807, 2.05) is 18.2 Å². The summed E-state index contributed by atoms with van der Waals surface area (Å²) < 4.78 is 26.8. The molecule has 3 nitrogen and oxygen atoms in total. The molecule has 3 aromatic carbocycles. The quantitative estimate of drug-likeness (QED) is 0.599. The highest BCUT2D eigenvalue weighted by molar-refractivity contribution is 6.08. The lowest BCUT2D eigenvalue weighted by atomic mass is 9.77. The number of nitrogens with zero attached hydrogens (tertiary/aromatic N) is 2. The molecule has 0 radical (unpaired) electrons. The predicted octanol–water partition coefficient (Wildman–Crippen LogP) is 5.13. The van der Waals surface area contributed by atoms with Crippen molar-refractivity contribution in [2.24, 2.45) is 11.0 Å². The fraction of sp³-hybridized carbons (Fsp3) is 0.167. The first-order valence-corrected chi connectivity index (χ1v) is 9.63. The normalized spacial score (nSPS) is 20.1. The largest absolute Gasteiger partial charge is 0.274 e. The van der Waals surface area contributed by atoms with Crippen LogP contribution in [0.2, 0.25) is 0 Å². The third-order valence-corrected chi connectivity index (χ3v) is 5.74. The maximum Gasteiger partial charge on any atom is 0.274 e. The Hall–Kier alpha value is -3.34. The van der Waals surface area contributed by atoms with Gasteiger partial charge in [-0.3, -0.25) is 4.79 Å². The van der Waals surface area contributed by atoms with Crippen molar-refractivity contribution in [1.29, 1.82) is 0 Å². The van der Waals surface area contributed by atoms with E-state index < -0.39 is 5.82 Å². The molecule has 1 aliphatic heterocycles. The van der Waals surface area contributed by atoms with Gasteiger partial charge in [-0.15, -0.1) is 0 Å². The lowest BCUT2D eigenvalue weighted by Gasteiger charge is -2.29. The summed E-state index contributed by atoms with van der Waals surface area (Å²) in [5, 5.41) is 6.23. The average molecular weight is 388 g/mol. The molecule has 0 saturated carbocycles. The Bertz CT molecular complexity index is 1110. The Morgan fingerprint density at radius 3 is 2.28 bits per heavy atom. The minimum Gasteiger partial charge on any atom is -0.267 e. The first kappa shape index (κ1) is 17.7. The second-order valence-corrected chi connectivity index (χ2v) is 7.44. The topological polar surface area (TPSA) is 32.7 Å². The van der Waals surface area contributed by atoms with Crippen molar-refractivity contribution in [2.75, 3.05) is 0 Å². The standard InChI is InChI=1S/C24H18F2N2O/c25-18-10-5-16(6-11-18)23-21-14-9-15-3-1-2-4-20(15)22(21)27-28(23)24(29)17-7-12-19(26)13-8-17/h1-8,10-13,21,23H,9,14H2/t21-,23+/m0/s1. The molecule has 3 aromatic rings. The van der Waals surface area contributed by atoms with Gasteiger partial charge in [0.05, 0.1) is 11.8 Å². The van der Waals surface area contributed by atoms with Crippen LogP contribution >= 0.6 is 0 Å². The van der Waals surface area contributed by atoms with Crippen LogP contribution in [0.15, 0.2) is 77.9 Å². The molecule has 144 valence electrons. The number of carbonyl (C=O) groups is 1. The number of amides is 1. The fourth-order valence-electron chi connectivity index (χ4n) is 4.35. The SMILES string of the molecule is O=C(c1ccc(F)cc1)N1N=C2c3ccccc3CC[C@@H]2[C@H]1c1ccc(F)cc1. The number of carbonyl (C=O) groups excluding carboxylic acids is 1. The van der Waals surface area contributed by atoms with Crippen LogP contribution in [-0.4, -0.2) is 16.6 Å². The maximum atomic E-state index is 13.5. The summed E-state index contributed by atoms with van der Waals surface area (Å²) in [5.41, 5.74) is 4.37. The number of hydrogen-bond donors (Lipinski definition) is 0. The highest BCUT2D eigenvalue weighted by Gasteiger charge is 2.44. The number of aryl methyl sites for hydroxylation is 1. The molecule has 5 heteroatoms. The smallest absolute Gasteiger partial charge is 0.267 e. The molecule has 2 aliphatic rings. The van der Waals surface area contributed by atoms with Gasteiger partial charge in [-0.25, -0.2) is 13.8 Å². The van der Waals surface area contributed by atoms with Crippen LogP contribution < -0.4 is 0 Å². The molecule has 0 bridgehead atoms. The van der Waals surface area contributed by atoms with Gasteiger partial charge in [0.15, 0.2) is 0 Å². The van der Waals surface area contributed by atoms with E-state index in [9.17, 15) is 13.6 Å². The van der Waals surface area contributed by atoms with Crippen molar-refractivity contribution in [1.82, 2.24) is 5.01 Å². The van der Waals surface area contributed by atoms with Gasteiger partial charge in [0.25, 0.3) is 5.91 Å². The van der Waals surface area contributed by atoms with Crippen LogP contribution in [0.4, 0.5) is 8.78 Å². The Kier molecular flexibility index (Phi) is 4.23. The lowest BCUT2D eigenvalue weighted by Crippen LogP contribution is -2.32. The van der Waals surface area contributed by atoms with E-state index >= 15 is 0 Å². The molecular formula is C24H18F2N2O. The minimum atomic E-state index is -0.396. The van der Waals surface area contributed by atoms with Crippen molar-refractivity contribution in [3.63, 3.8) is 0 Å². The summed E-state index contributed by atoms with van der Waals surface area (Å²) in [6.45, 7) is 0. The number of halogens is 2. The van der Waals surface area contributed by atoms with Crippen molar-refractivity contribution >= 4 is 11.6 Å². The van der Waals surface area contributed by atoms with Crippen LogP contribution in [0.25, 0.3) is 0 Å². The van der Waals surface area contributed by atoms with Gasteiger partial charge in [-0.1, -0.05) is 36.4 Å². The Labute approximate surface area is 167 Å². The van der Waals surface area contributed by atoms with Crippen LogP contribution in [0.3, 0.4) is 0 Å². The van der Waals surface area contributed by atoms with Gasteiger partial charge < -0.3 is 0 Å². The highest BCUT2D eigenvalue weighted by atomic mass is 19.1. The monoisotopic (exact) mass is 388 g/mol. The third kappa shape index (κ3) is 3.03.